The quantitative estimate of drug-likeness (QED) is 0.800. The number of anilines is 2. The van der Waals surface area contributed by atoms with Crippen LogP contribution in [-0.4, -0.2) is 17.4 Å². The van der Waals surface area contributed by atoms with Crippen LogP contribution >= 0.6 is 11.8 Å². The van der Waals surface area contributed by atoms with Gasteiger partial charge >= 0.3 is 0 Å². The van der Waals surface area contributed by atoms with E-state index in [9.17, 15) is 13.6 Å². The van der Waals surface area contributed by atoms with E-state index in [0.717, 1.165) is 24.0 Å². The summed E-state index contributed by atoms with van der Waals surface area (Å²) in [4.78, 5) is 11.8. The first-order valence-electron chi connectivity index (χ1n) is 5.21. The van der Waals surface area contributed by atoms with Crippen LogP contribution in [0.1, 0.15) is 6.42 Å². The molecule has 1 fully saturated rings. The highest BCUT2D eigenvalue weighted by atomic mass is 32.2. The molecule has 1 aliphatic heterocycles. The van der Waals surface area contributed by atoms with E-state index in [0.29, 0.717) is 6.07 Å². The largest absolute Gasteiger partial charge is 0.397 e. The van der Waals surface area contributed by atoms with Crippen molar-refractivity contribution in [2.24, 2.45) is 5.92 Å². The van der Waals surface area contributed by atoms with Gasteiger partial charge in [0.05, 0.1) is 5.69 Å². The zero-order valence-electron chi connectivity index (χ0n) is 9.00. The molecule has 1 amide bonds. The first-order valence-corrected chi connectivity index (χ1v) is 6.36. The number of hydrogen-bond acceptors (Lipinski definition) is 3. The van der Waals surface area contributed by atoms with Crippen molar-refractivity contribution < 1.29 is 13.6 Å². The first kappa shape index (κ1) is 12.2. The van der Waals surface area contributed by atoms with Crippen molar-refractivity contribution in [1.82, 2.24) is 0 Å². The molecule has 1 aliphatic rings. The van der Waals surface area contributed by atoms with Crippen LogP contribution in [-0.2, 0) is 4.79 Å². The number of carbonyl (C=O) groups excluding carboxylic acids is 1. The second kappa shape index (κ2) is 4.91. The molecule has 0 spiro atoms. The lowest BCUT2D eigenvalue weighted by Gasteiger charge is -2.12. The van der Waals surface area contributed by atoms with Crippen molar-refractivity contribution in [1.29, 1.82) is 0 Å². The number of carbonyl (C=O) groups is 1. The second-order valence-corrected chi connectivity index (χ2v) is 5.05. The average Bonchev–Trinajstić information content (AvgIpc) is 2.76. The molecule has 0 aliphatic carbocycles. The topological polar surface area (TPSA) is 55.1 Å². The van der Waals surface area contributed by atoms with Crippen LogP contribution in [0.15, 0.2) is 12.1 Å². The summed E-state index contributed by atoms with van der Waals surface area (Å²) in [6.07, 6.45) is 0.777. The van der Waals surface area contributed by atoms with Gasteiger partial charge in [-0.25, -0.2) is 8.78 Å². The number of rotatable bonds is 2. The molecule has 6 heteroatoms. The number of thioether (sulfide) groups is 1. The van der Waals surface area contributed by atoms with Crippen LogP contribution < -0.4 is 11.1 Å². The molecule has 3 N–H and O–H groups in total. The summed E-state index contributed by atoms with van der Waals surface area (Å²) in [6, 6.07) is 1.69. The molecule has 1 atom stereocenters. The number of hydrogen-bond donors (Lipinski definition) is 2. The second-order valence-electron chi connectivity index (χ2n) is 3.90. The predicted octanol–water partition coefficient (Wildman–Crippen LogP) is 2.24. The van der Waals surface area contributed by atoms with Crippen molar-refractivity contribution in [2.45, 2.75) is 6.42 Å². The minimum absolute atomic E-state index is 0.0958. The molecular formula is C11H12F2N2OS. The highest BCUT2D eigenvalue weighted by Gasteiger charge is 2.24. The fraction of sp³-hybridized carbons (Fsp3) is 0.364. The van der Waals surface area contributed by atoms with Gasteiger partial charge in [0.25, 0.3) is 0 Å². The maximum Gasteiger partial charge on any atom is 0.228 e. The number of nitrogen functional groups attached to an aromatic ring is 1. The lowest BCUT2D eigenvalue weighted by Crippen LogP contribution is -2.23. The Bertz CT molecular complexity index is 424. The number of nitrogens with one attached hydrogen (secondary N) is 1. The van der Waals surface area contributed by atoms with Crippen LogP contribution in [0.3, 0.4) is 0 Å². The minimum atomic E-state index is -0.846. The summed E-state index contributed by atoms with van der Waals surface area (Å²) in [5.41, 5.74) is 5.24. The molecule has 1 unspecified atom stereocenters. The molecule has 3 nitrogen and oxygen atoms in total. The van der Waals surface area contributed by atoms with E-state index in [1.807, 2.05) is 0 Å². The van der Waals surface area contributed by atoms with Crippen molar-refractivity contribution in [3.05, 3.63) is 23.8 Å². The highest BCUT2D eigenvalue weighted by Crippen LogP contribution is 2.28. The molecule has 1 saturated heterocycles. The van der Waals surface area contributed by atoms with Crippen LogP contribution in [0.5, 0.6) is 0 Å². The van der Waals surface area contributed by atoms with Crippen LogP contribution in [0, 0.1) is 17.6 Å². The van der Waals surface area contributed by atoms with Crippen LogP contribution in [0.25, 0.3) is 0 Å². The van der Waals surface area contributed by atoms with E-state index in [1.165, 1.54) is 0 Å². The molecule has 0 bridgehead atoms. The summed E-state index contributed by atoms with van der Waals surface area (Å²) < 4.78 is 26.2. The Morgan fingerprint density at radius 1 is 1.47 bits per heavy atom. The van der Waals surface area contributed by atoms with Crippen molar-refractivity contribution >= 4 is 29.0 Å². The molecule has 92 valence electrons. The standard InChI is InChI=1S/C11H12F2N2OS/c12-7-3-8(13)10(9(14)4-7)15-11(16)6-1-2-17-5-6/h3-4,6H,1-2,5,14H2,(H,15,16). The lowest BCUT2D eigenvalue weighted by molar-refractivity contribution is -0.119. The molecule has 1 aromatic rings. The van der Waals surface area contributed by atoms with Gasteiger partial charge in [-0.05, 0) is 18.2 Å². The van der Waals surface area contributed by atoms with E-state index in [4.69, 9.17) is 5.73 Å². The molecule has 1 heterocycles. The zero-order valence-corrected chi connectivity index (χ0v) is 9.82. The molecule has 0 saturated carbocycles. The highest BCUT2D eigenvalue weighted by molar-refractivity contribution is 7.99. The van der Waals surface area contributed by atoms with Crippen molar-refractivity contribution in [3.63, 3.8) is 0 Å². The molecular weight excluding hydrogens is 246 g/mol. The van der Waals surface area contributed by atoms with Crippen molar-refractivity contribution in [3.8, 4) is 0 Å². The van der Waals surface area contributed by atoms with Gasteiger partial charge < -0.3 is 11.1 Å². The number of benzene rings is 1. The Morgan fingerprint density at radius 2 is 2.24 bits per heavy atom. The van der Waals surface area contributed by atoms with Gasteiger partial charge in [-0.3, -0.25) is 4.79 Å². The summed E-state index contributed by atoms with van der Waals surface area (Å²) in [5.74, 6) is -0.319. The van der Waals surface area contributed by atoms with E-state index in [2.05, 4.69) is 5.32 Å². The Morgan fingerprint density at radius 3 is 2.82 bits per heavy atom. The van der Waals surface area contributed by atoms with Gasteiger partial charge in [0.15, 0.2) is 5.82 Å². The van der Waals surface area contributed by atoms with Gasteiger partial charge in [0, 0.05) is 17.7 Å². The van der Waals surface area contributed by atoms with E-state index in [1.54, 1.807) is 11.8 Å². The van der Waals surface area contributed by atoms with E-state index in [-0.39, 0.29) is 23.2 Å². The van der Waals surface area contributed by atoms with Gasteiger partial charge in [-0.15, -0.1) is 0 Å². The Kier molecular flexibility index (Phi) is 3.51. The molecule has 1 aromatic carbocycles. The lowest BCUT2D eigenvalue weighted by atomic mass is 10.1. The van der Waals surface area contributed by atoms with Crippen LogP contribution in [0.2, 0.25) is 0 Å². The molecule has 0 radical (unpaired) electrons. The number of amides is 1. The average molecular weight is 258 g/mol. The first-order chi connectivity index (χ1) is 8.08. The molecule has 0 aromatic heterocycles. The summed E-state index contributed by atoms with van der Waals surface area (Å²) >= 11 is 1.69. The summed E-state index contributed by atoms with van der Waals surface area (Å²) in [5, 5.41) is 2.43. The Labute approximate surface area is 102 Å². The maximum absolute atomic E-state index is 13.4. The van der Waals surface area contributed by atoms with Gasteiger partial charge in [0.1, 0.15) is 11.5 Å². The molecule has 17 heavy (non-hydrogen) atoms. The Hall–Kier alpha value is -1.30. The van der Waals surface area contributed by atoms with Gasteiger partial charge in [0.2, 0.25) is 5.91 Å². The number of halogens is 2. The monoisotopic (exact) mass is 258 g/mol. The predicted molar refractivity (Wildman–Crippen MR) is 64.8 cm³/mol. The molecule has 2 rings (SSSR count). The minimum Gasteiger partial charge on any atom is -0.397 e. The summed E-state index contributed by atoms with van der Waals surface area (Å²) in [7, 11) is 0. The van der Waals surface area contributed by atoms with Gasteiger partial charge in [-0.2, -0.15) is 11.8 Å². The normalized spacial score (nSPS) is 19.3. The fourth-order valence-corrected chi connectivity index (χ4v) is 2.91. The smallest absolute Gasteiger partial charge is 0.228 e. The van der Waals surface area contributed by atoms with Crippen LogP contribution in [0.4, 0.5) is 20.2 Å². The number of nitrogens with two attached hydrogens (primary N) is 1. The maximum atomic E-state index is 13.4. The van der Waals surface area contributed by atoms with E-state index >= 15 is 0 Å². The third-order valence-electron chi connectivity index (χ3n) is 2.63. The zero-order chi connectivity index (χ0) is 12.4. The third-order valence-corrected chi connectivity index (χ3v) is 3.80. The SMILES string of the molecule is Nc1cc(F)cc(F)c1NC(=O)C1CCSC1. The van der Waals surface area contributed by atoms with E-state index < -0.39 is 11.6 Å². The summed E-state index contributed by atoms with van der Waals surface area (Å²) in [6.45, 7) is 0. The van der Waals surface area contributed by atoms with Gasteiger partial charge in [-0.1, -0.05) is 0 Å². The Balaban J connectivity index is 2.15. The third kappa shape index (κ3) is 2.69. The fourth-order valence-electron chi connectivity index (χ4n) is 1.69. The van der Waals surface area contributed by atoms with Crippen molar-refractivity contribution in [2.75, 3.05) is 22.6 Å².